The van der Waals surface area contributed by atoms with Crippen LogP contribution >= 0.6 is 15.9 Å². The number of benzene rings is 2. The second-order valence-electron chi connectivity index (χ2n) is 7.03. The number of fused-ring (bicyclic) bond motifs is 3. The van der Waals surface area contributed by atoms with Crippen LogP contribution in [-0.2, 0) is 5.41 Å². The molecule has 0 amide bonds. The normalized spacial score (nSPS) is 14.6. The van der Waals surface area contributed by atoms with Crippen molar-refractivity contribution in [2.24, 2.45) is 0 Å². The summed E-state index contributed by atoms with van der Waals surface area (Å²) >= 11 is 3.71. The third-order valence-corrected chi connectivity index (χ3v) is 5.89. The Hall–Kier alpha value is -1.02. The van der Waals surface area contributed by atoms with Crippen LogP contribution in [0.5, 0.6) is 0 Å². The lowest BCUT2D eigenvalue weighted by Gasteiger charge is -2.32. The van der Waals surface area contributed by atoms with Gasteiger partial charge in [-0.05, 0) is 47.2 Å². The lowest BCUT2D eigenvalue weighted by atomic mass is 9.70. The molecule has 1 aliphatic rings. The van der Waals surface area contributed by atoms with E-state index in [2.05, 4.69) is 74.0 Å². The van der Waals surface area contributed by atoms with E-state index >= 15 is 0 Å². The Morgan fingerprint density at radius 1 is 0.870 bits per heavy atom. The van der Waals surface area contributed by atoms with Gasteiger partial charge in [-0.25, -0.2) is 0 Å². The van der Waals surface area contributed by atoms with Gasteiger partial charge in [-0.3, -0.25) is 0 Å². The largest absolute Gasteiger partial charge is 0.139 e. The standard InChI is InChI=1S/C21H26BBr/c1-3-5-11-21(12-6-4-2)19-10-7-15(22)13-18(19)17-9-8-16(23)14-20(17)21/h7-10,13-14H,3-6,11-12,22H2,1-2H3. The van der Waals surface area contributed by atoms with Gasteiger partial charge in [0, 0.05) is 9.89 Å². The Morgan fingerprint density at radius 3 is 2.22 bits per heavy atom. The first-order valence-electron chi connectivity index (χ1n) is 9.04. The van der Waals surface area contributed by atoms with E-state index in [4.69, 9.17) is 0 Å². The summed E-state index contributed by atoms with van der Waals surface area (Å²) in [5.74, 6) is 0. The highest BCUT2D eigenvalue weighted by Gasteiger charge is 2.41. The van der Waals surface area contributed by atoms with Crippen LogP contribution in [0.3, 0.4) is 0 Å². The summed E-state index contributed by atoms with van der Waals surface area (Å²) in [7, 11) is 2.21. The minimum absolute atomic E-state index is 0.216. The van der Waals surface area contributed by atoms with Crippen molar-refractivity contribution in [2.75, 3.05) is 0 Å². The van der Waals surface area contributed by atoms with E-state index in [0.29, 0.717) is 0 Å². The summed E-state index contributed by atoms with van der Waals surface area (Å²) in [5, 5.41) is 0. The van der Waals surface area contributed by atoms with E-state index in [1.165, 1.54) is 59.6 Å². The highest BCUT2D eigenvalue weighted by atomic mass is 79.9. The Morgan fingerprint density at radius 2 is 1.57 bits per heavy atom. The van der Waals surface area contributed by atoms with Crippen molar-refractivity contribution < 1.29 is 0 Å². The van der Waals surface area contributed by atoms with E-state index in [0.717, 1.165) is 0 Å². The topological polar surface area (TPSA) is 0 Å². The quantitative estimate of drug-likeness (QED) is 0.602. The van der Waals surface area contributed by atoms with E-state index < -0.39 is 0 Å². The molecule has 2 heteroatoms. The zero-order chi connectivity index (χ0) is 16.4. The SMILES string of the molecule is Bc1ccc2c(c1)-c1ccc(Br)cc1C2(CCCC)CCCC. The first-order chi connectivity index (χ1) is 11.1. The molecule has 0 heterocycles. The molecule has 0 fully saturated rings. The van der Waals surface area contributed by atoms with Crippen LogP contribution in [-0.4, -0.2) is 7.85 Å². The fraction of sp³-hybridized carbons (Fsp3) is 0.429. The molecule has 3 rings (SSSR count). The van der Waals surface area contributed by atoms with Crippen molar-refractivity contribution in [3.8, 4) is 11.1 Å². The maximum Gasteiger partial charge on any atom is 0.139 e. The van der Waals surface area contributed by atoms with Gasteiger partial charge in [0.2, 0.25) is 0 Å². The van der Waals surface area contributed by atoms with Crippen LogP contribution in [0.4, 0.5) is 0 Å². The van der Waals surface area contributed by atoms with Crippen molar-refractivity contribution in [2.45, 2.75) is 57.8 Å². The van der Waals surface area contributed by atoms with Gasteiger partial charge in [0.25, 0.3) is 0 Å². The van der Waals surface area contributed by atoms with Gasteiger partial charge in [-0.15, -0.1) is 0 Å². The fourth-order valence-electron chi connectivity index (χ4n) is 4.21. The maximum atomic E-state index is 3.71. The van der Waals surface area contributed by atoms with Crippen LogP contribution < -0.4 is 5.46 Å². The van der Waals surface area contributed by atoms with Gasteiger partial charge in [-0.2, -0.15) is 0 Å². The van der Waals surface area contributed by atoms with E-state index in [9.17, 15) is 0 Å². The lowest BCUT2D eigenvalue weighted by Crippen LogP contribution is -2.25. The molecule has 0 atom stereocenters. The van der Waals surface area contributed by atoms with Gasteiger partial charge in [-0.1, -0.05) is 85.2 Å². The molecule has 0 N–H and O–H groups in total. The number of unbranched alkanes of at least 4 members (excludes halogenated alkanes) is 2. The molecule has 120 valence electrons. The lowest BCUT2D eigenvalue weighted by molar-refractivity contribution is 0.414. The smallest absolute Gasteiger partial charge is 0.0883 e. The molecule has 0 aliphatic heterocycles. The molecule has 0 nitrogen and oxygen atoms in total. The molecular weight excluding hydrogens is 343 g/mol. The number of hydrogen-bond acceptors (Lipinski definition) is 0. The van der Waals surface area contributed by atoms with Crippen molar-refractivity contribution in [1.82, 2.24) is 0 Å². The minimum Gasteiger partial charge on any atom is -0.0883 e. The molecule has 0 saturated carbocycles. The summed E-state index contributed by atoms with van der Waals surface area (Å²) < 4.78 is 1.21. The van der Waals surface area contributed by atoms with E-state index in [-0.39, 0.29) is 5.41 Å². The predicted molar refractivity (Wildman–Crippen MR) is 108 cm³/mol. The van der Waals surface area contributed by atoms with Crippen LogP contribution in [0.1, 0.15) is 63.5 Å². The Balaban J connectivity index is 2.22. The number of halogens is 1. The highest BCUT2D eigenvalue weighted by Crippen LogP contribution is 2.54. The summed E-state index contributed by atoms with van der Waals surface area (Å²) in [5.41, 5.74) is 7.62. The van der Waals surface area contributed by atoms with Crippen LogP contribution in [0, 0.1) is 0 Å². The van der Waals surface area contributed by atoms with Crippen LogP contribution in [0.15, 0.2) is 40.9 Å². The van der Waals surface area contributed by atoms with Crippen molar-refractivity contribution >= 4 is 29.2 Å². The van der Waals surface area contributed by atoms with E-state index in [1.807, 2.05) is 0 Å². The van der Waals surface area contributed by atoms with Crippen LogP contribution in [0.25, 0.3) is 11.1 Å². The van der Waals surface area contributed by atoms with Gasteiger partial charge < -0.3 is 0 Å². The molecule has 0 aromatic heterocycles. The maximum absolute atomic E-state index is 3.71. The molecule has 0 spiro atoms. The first-order valence-corrected chi connectivity index (χ1v) is 9.83. The number of rotatable bonds is 6. The minimum atomic E-state index is 0.216. The molecule has 2 aromatic rings. The monoisotopic (exact) mass is 368 g/mol. The first kappa shape index (κ1) is 16.8. The van der Waals surface area contributed by atoms with Crippen LogP contribution in [0.2, 0.25) is 0 Å². The van der Waals surface area contributed by atoms with E-state index in [1.54, 1.807) is 11.1 Å². The Bertz CT molecular complexity index is 697. The van der Waals surface area contributed by atoms with Gasteiger partial charge >= 0.3 is 0 Å². The average molecular weight is 369 g/mol. The second-order valence-corrected chi connectivity index (χ2v) is 7.94. The summed E-state index contributed by atoms with van der Waals surface area (Å²) in [6, 6.07) is 14.0. The van der Waals surface area contributed by atoms with Gasteiger partial charge in [0.15, 0.2) is 0 Å². The third-order valence-electron chi connectivity index (χ3n) is 5.39. The van der Waals surface area contributed by atoms with Gasteiger partial charge in [0.1, 0.15) is 7.85 Å². The van der Waals surface area contributed by atoms with Crippen molar-refractivity contribution in [1.29, 1.82) is 0 Å². The van der Waals surface area contributed by atoms with Crippen molar-refractivity contribution in [3.63, 3.8) is 0 Å². The summed E-state index contributed by atoms with van der Waals surface area (Å²) in [6.45, 7) is 4.61. The molecule has 0 bridgehead atoms. The Labute approximate surface area is 150 Å². The molecule has 0 unspecified atom stereocenters. The second kappa shape index (κ2) is 6.85. The molecule has 23 heavy (non-hydrogen) atoms. The molecular formula is C21H26BBr. The molecule has 0 saturated heterocycles. The van der Waals surface area contributed by atoms with Crippen molar-refractivity contribution in [3.05, 3.63) is 52.0 Å². The number of hydrogen-bond donors (Lipinski definition) is 0. The molecule has 1 aliphatic carbocycles. The Kier molecular flexibility index (Phi) is 5.01. The third kappa shape index (κ3) is 2.91. The zero-order valence-corrected chi connectivity index (χ0v) is 16.2. The zero-order valence-electron chi connectivity index (χ0n) is 14.6. The average Bonchev–Trinajstić information content (AvgIpc) is 2.80. The molecule has 0 radical (unpaired) electrons. The highest BCUT2D eigenvalue weighted by molar-refractivity contribution is 9.10. The summed E-state index contributed by atoms with van der Waals surface area (Å²) in [4.78, 5) is 0. The summed E-state index contributed by atoms with van der Waals surface area (Å²) in [6.07, 6.45) is 7.65. The predicted octanol–water partition coefficient (Wildman–Crippen LogP) is 5.35. The fourth-order valence-corrected chi connectivity index (χ4v) is 4.57. The molecule has 2 aromatic carbocycles. The van der Waals surface area contributed by atoms with Gasteiger partial charge in [0.05, 0.1) is 0 Å².